The van der Waals surface area contributed by atoms with Crippen molar-refractivity contribution in [1.29, 1.82) is 0 Å². The highest BCUT2D eigenvalue weighted by Gasteiger charge is 2.49. The second-order valence-electron chi connectivity index (χ2n) is 13.3. The third-order valence-electron chi connectivity index (χ3n) is 9.07. The molecule has 18 heteroatoms. The lowest BCUT2D eigenvalue weighted by atomic mass is 9.82. The molecule has 0 bridgehead atoms. The number of nitrogens with two attached hydrogens (primary N) is 3. The first-order chi connectivity index (χ1) is 30.2. The fraction of sp³-hybridized carbons (Fsp3) is 0.109. The Balaban J connectivity index is 0.000000252. The quantitative estimate of drug-likeness (QED) is 0.0246. The van der Waals surface area contributed by atoms with E-state index < -0.39 is 30.3 Å². The highest BCUT2D eigenvalue weighted by molar-refractivity contribution is 6.49. The summed E-state index contributed by atoms with van der Waals surface area (Å²) < 4.78 is 58.0. The minimum Gasteiger partial charge on any atom is -0.435 e. The average Bonchev–Trinajstić information content (AvgIpc) is 3.51. The molecule has 1 unspecified atom stereocenters. The summed E-state index contributed by atoms with van der Waals surface area (Å²) in [6.07, 6.45) is 0. The number of carbonyl (C=O) groups is 3. The van der Waals surface area contributed by atoms with Crippen LogP contribution in [-0.2, 0) is 10.3 Å². The van der Waals surface area contributed by atoms with Crippen LogP contribution in [0.1, 0.15) is 31.8 Å². The molecule has 1 aliphatic rings. The lowest BCUT2D eigenvalue weighted by Gasteiger charge is -2.26. The number of anilines is 4. The molecule has 8 N–H and O–H groups in total. The van der Waals surface area contributed by atoms with Crippen molar-refractivity contribution in [2.75, 3.05) is 24.7 Å². The molecule has 6 aromatic rings. The van der Waals surface area contributed by atoms with E-state index in [1.807, 2.05) is 78.9 Å². The standard InChI is InChI=1S/C23H20F2N4O2.C21H15F2NO3.C2H7N3.ClH/c1-29-20(30)23(28-22(29)26,15-10-12-19(13-11-15)31-21(24)25)16-6-5-9-18(14-16)27-17-7-3-2-4-8-17;22-21(23)27-18-11-9-14(10-12-18)19(25)20(26)15-5-4-8-17(13-15)24-16-6-2-1-3-7-16;1-5-2(3)4;/h2-14,21,27H,1H3,(H2,26,28);1-13,21,24H;1H3,(H4,3,4,5);1H. The Morgan fingerprint density at radius 1 is 0.625 bits per heavy atom. The number of Topliss-reactive ketones (excluding diaryl/α,β-unsaturated/α-hetero) is 2. The number of nitrogens with one attached hydrogen (secondary N) is 2. The molecule has 7 rings (SSSR count). The zero-order valence-corrected chi connectivity index (χ0v) is 35.0. The molecule has 0 aromatic heterocycles. The predicted molar refractivity (Wildman–Crippen MR) is 241 cm³/mol. The number of para-hydroxylation sites is 2. The number of carbonyl (C=O) groups excluding carboxylic acids is 3. The number of ketones is 2. The average molecular weight is 899 g/mol. The first-order valence-corrected chi connectivity index (χ1v) is 18.9. The second-order valence-corrected chi connectivity index (χ2v) is 13.3. The van der Waals surface area contributed by atoms with Gasteiger partial charge in [-0.2, -0.15) is 17.6 Å². The van der Waals surface area contributed by atoms with Crippen molar-refractivity contribution in [3.8, 4) is 11.5 Å². The summed E-state index contributed by atoms with van der Waals surface area (Å²) in [5, 5.41) is 6.45. The van der Waals surface area contributed by atoms with E-state index >= 15 is 0 Å². The molecular weight excluding hydrogens is 856 g/mol. The summed E-state index contributed by atoms with van der Waals surface area (Å²) >= 11 is 0. The van der Waals surface area contributed by atoms with Crippen molar-refractivity contribution in [3.63, 3.8) is 0 Å². The SMILES string of the molecule is CN1C(=O)C(c2ccc(OC(F)F)cc2)(c2cccc(Nc3ccccc3)c2)N=C1N.CN=C(N)N.Cl.O=C(C(=O)c1cccc(Nc2ccccc2)c1)c1ccc(OC(F)F)cc1. The monoisotopic (exact) mass is 898 g/mol. The van der Waals surface area contributed by atoms with Crippen molar-refractivity contribution in [2.24, 2.45) is 27.2 Å². The third kappa shape index (κ3) is 12.8. The van der Waals surface area contributed by atoms with Gasteiger partial charge in [-0.15, -0.1) is 12.4 Å². The summed E-state index contributed by atoms with van der Waals surface area (Å²) in [6.45, 7) is -5.89. The van der Waals surface area contributed by atoms with Crippen LogP contribution in [0.3, 0.4) is 0 Å². The van der Waals surface area contributed by atoms with Crippen LogP contribution in [0.4, 0.5) is 40.3 Å². The zero-order chi connectivity index (χ0) is 45.5. The molecule has 0 fully saturated rings. The van der Waals surface area contributed by atoms with E-state index in [1.54, 1.807) is 49.5 Å². The van der Waals surface area contributed by atoms with Crippen LogP contribution in [0.15, 0.2) is 168 Å². The van der Waals surface area contributed by atoms with Gasteiger partial charge in [-0.05, 0) is 96.1 Å². The van der Waals surface area contributed by atoms with Gasteiger partial charge in [0.1, 0.15) is 11.5 Å². The Labute approximate surface area is 372 Å². The molecule has 332 valence electrons. The van der Waals surface area contributed by atoms with Crippen LogP contribution in [0, 0.1) is 0 Å². The third-order valence-corrected chi connectivity index (χ3v) is 9.07. The van der Waals surface area contributed by atoms with Crippen LogP contribution < -0.4 is 37.3 Å². The summed E-state index contributed by atoms with van der Waals surface area (Å²) in [4.78, 5) is 47.4. The first-order valence-electron chi connectivity index (χ1n) is 18.9. The molecule has 0 saturated heterocycles. The van der Waals surface area contributed by atoms with E-state index in [0.717, 1.165) is 17.1 Å². The fourth-order valence-corrected chi connectivity index (χ4v) is 6.05. The number of hydrogen-bond donors (Lipinski definition) is 5. The van der Waals surface area contributed by atoms with Crippen LogP contribution in [0.25, 0.3) is 0 Å². The van der Waals surface area contributed by atoms with Crippen molar-refractivity contribution >= 4 is 64.5 Å². The number of likely N-dealkylation sites (N-methyl/N-ethyl adjacent to an activating group) is 1. The molecule has 1 atom stereocenters. The van der Waals surface area contributed by atoms with E-state index in [1.165, 1.54) is 48.3 Å². The lowest BCUT2D eigenvalue weighted by molar-refractivity contribution is -0.129. The van der Waals surface area contributed by atoms with Crippen LogP contribution >= 0.6 is 12.4 Å². The van der Waals surface area contributed by atoms with Crippen molar-refractivity contribution in [1.82, 2.24) is 4.90 Å². The maximum absolute atomic E-state index is 13.3. The summed E-state index contributed by atoms with van der Waals surface area (Å²) in [5.41, 5.74) is 18.8. The van der Waals surface area contributed by atoms with Crippen LogP contribution in [0.2, 0.25) is 0 Å². The smallest absolute Gasteiger partial charge is 0.387 e. The maximum atomic E-state index is 13.3. The normalized spacial score (nSPS) is 13.8. The number of amides is 1. The molecule has 1 aliphatic heterocycles. The topological polar surface area (TPSA) is 200 Å². The van der Waals surface area contributed by atoms with Crippen molar-refractivity contribution in [2.45, 2.75) is 18.8 Å². The molecular formula is C46H43ClF4N8O5. The van der Waals surface area contributed by atoms with Gasteiger partial charge in [0.05, 0.1) is 0 Å². The van der Waals surface area contributed by atoms with Gasteiger partial charge in [0.2, 0.25) is 11.6 Å². The molecule has 0 radical (unpaired) electrons. The van der Waals surface area contributed by atoms with Gasteiger partial charge in [0, 0.05) is 48.0 Å². The molecule has 0 spiro atoms. The summed E-state index contributed by atoms with van der Waals surface area (Å²) in [5.74, 6) is -1.65. The Morgan fingerprint density at radius 3 is 1.52 bits per heavy atom. The van der Waals surface area contributed by atoms with E-state index in [0.29, 0.717) is 16.8 Å². The zero-order valence-electron chi connectivity index (χ0n) is 34.2. The predicted octanol–water partition coefficient (Wildman–Crippen LogP) is 8.47. The number of aliphatic imine (C=N–C) groups is 2. The number of alkyl halides is 4. The first kappa shape index (κ1) is 48.7. The van der Waals surface area contributed by atoms with Gasteiger partial charge in [-0.1, -0.05) is 72.8 Å². The van der Waals surface area contributed by atoms with E-state index in [2.05, 4.69) is 30.1 Å². The summed E-state index contributed by atoms with van der Waals surface area (Å²) in [6, 6.07) is 43.7. The molecule has 6 aromatic carbocycles. The minimum absolute atomic E-state index is 0. The highest BCUT2D eigenvalue weighted by atomic mass is 35.5. The maximum Gasteiger partial charge on any atom is 0.387 e. The molecule has 1 heterocycles. The van der Waals surface area contributed by atoms with Gasteiger partial charge in [0.25, 0.3) is 5.91 Å². The summed E-state index contributed by atoms with van der Waals surface area (Å²) in [7, 11) is 3.08. The number of guanidine groups is 2. The number of halogens is 5. The molecule has 0 saturated carbocycles. The Kier molecular flexibility index (Phi) is 17.4. The van der Waals surface area contributed by atoms with E-state index in [-0.39, 0.29) is 52.9 Å². The molecule has 13 nitrogen and oxygen atoms in total. The Morgan fingerprint density at radius 2 is 1.06 bits per heavy atom. The Hall–Kier alpha value is -7.92. The van der Waals surface area contributed by atoms with Gasteiger partial charge in [-0.3, -0.25) is 24.3 Å². The van der Waals surface area contributed by atoms with Crippen molar-refractivity contribution in [3.05, 3.63) is 180 Å². The highest BCUT2D eigenvalue weighted by Crippen LogP contribution is 2.41. The van der Waals surface area contributed by atoms with Crippen molar-refractivity contribution < 1.29 is 41.4 Å². The van der Waals surface area contributed by atoms with Gasteiger partial charge < -0.3 is 37.3 Å². The molecule has 0 aliphatic carbocycles. The van der Waals surface area contributed by atoms with E-state index in [9.17, 15) is 31.9 Å². The molecule has 1 amide bonds. The largest absolute Gasteiger partial charge is 0.435 e. The minimum atomic E-state index is -2.95. The van der Waals surface area contributed by atoms with Crippen LogP contribution in [0.5, 0.6) is 11.5 Å². The number of hydrogen-bond acceptors (Lipinski definition) is 10. The number of rotatable bonds is 13. The van der Waals surface area contributed by atoms with Gasteiger partial charge >= 0.3 is 13.2 Å². The second kappa shape index (κ2) is 22.8. The van der Waals surface area contributed by atoms with Gasteiger partial charge in [0.15, 0.2) is 17.5 Å². The van der Waals surface area contributed by atoms with E-state index in [4.69, 9.17) is 17.2 Å². The number of benzene rings is 6. The number of nitrogens with zero attached hydrogens (tertiary/aromatic N) is 3. The fourth-order valence-electron chi connectivity index (χ4n) is 6.05. The lowest BCUT2D eigenvalue weighted by Crippen LogP contribution is -2.41. The number of ether oxygens (including phenoxy) is 2. The van der Waals surface area contributed by atoms with Gasteiger partial charge in [-0.25, -0.2) is 4.99 Å². The van der Waals surface area contributed by atoms with Crippen LogP contribution in [-0.4, -0.2) is 61.6 Å². The Bertz CT molecular complexity index is 2550. The molecule has 64 heavy (non-hydrogen) atoms.